The normalized spacial score (nSPS) is 20.7. The summed E-state index contributed by atoms with van der Waals surface area (Å²) < 4.78 is 100. The molecule has 2 amide bonds. The zero-order valence-corrected chi connectivity index (χ0v) is 41.5. The molecule has 1 aliphatic carbocycles. The number of fused-ring (bicyclic) bond motifs is 2. The van der Waals surface area contributed by atoms with Gasteiger partial charge in [0, 0.05) is 73.0 Å². The molecule has 19 heteroatoms. The average molecular weight is 1010 g/mol. The lowest BCUT2D eigenvalue weighted by Crippen LogP contribution is -2.32. The first-order valence-corrected chi connectivity index (χ1v) is 28.0. The van der Waals surface area contributed by atoms with Crippen molar-refractivity contribution in [1.29, 1.82) is 0 Å². The summed E-state index contributed by atoms with van der Waals surface area (Å²) in [4.78, 5) is 44.3. The summed E-state index contributed by atoms with van der Waals surface area (Å²) in [6, 6.07) is 21.1. The highest BCUT2D eigenvalue weighted by atomic mass is 32.2. The maximum atomic E-state index is 13.0. The highest BCUT2D eigenvalue weighted by Crippen LogP contribution is 2.51. The van der Waals surface area contributed by atoms with E-state index in [0.29, 0.717) is 61.8 Å². The number of amides is 2. The van der Waals surface area contributed by atoms with Gasteiger partial charge in [0.15, 0.2) is 5.71 Å². The van der Waals surface area contributed by atoms with Gasteiger partial charge in [0.2, 0.25) is 5.69 Å². The van der Waals surface area contributed by atoms with Crippen molar-refractivity contribution >= 4 is 64.9 Å². The van der Waals surface area contributed by atoms with Gasteiger partial charge in [0.25, 0.3) is 32.1 Å². The summed E-state index contributed by atoms with van der Waals surface area (Å²) in [7, 11) is -12.0. The minimum Gasteiger partial charge on any atom is -0.457 e. The molecule has 69 heavy (non-hydrogen) atoms. The zero-order valence-electron chi connectivity index (χ0n) is 39.1. The van der Waals surface area contributed by atoms with Gasteiger partial charge in [-0.2, -0.15) is 21.4 Å². The lowest BCUT2D eigenvalue weighted by molar-refractivity contribution is -0.437. The molecule has 16 nitrogen and oxygen atoms in total. The number of hydrogen-bond donors (Lipinski definition) is 2. The highest BCUT2D eigenvalue weighted by Gasteiger charge is 2.45. The molecular formula is C50H58N3O13S3+. The lowest BCUT2D eigenvalue weighted by atomic mass is 9.77. The number of para-hydroxylation sites is 2. The summed E-state index contributed by atoms with van der Waals surface area (Å²) in [5.41, 5.74) is 5.95. The molecule has 7 rings (SSSR count). The molecule has 368 valence electrons. The van der Waals surface area contributed by atoms with Crippen molar-refractivity contribution in [3.8, 4) is 5.75 Å². The van der Waals surface area contributed by atoms with Crippen LogP contribution in [0.3, 0.4) is 0 Å². The first-order valence-electron chi connectivity index (χ1n) is 22.9. The van der Waals surface area contributed by atoms with E-state index in [-0.39, 0.29) is 36.3 Å². The Kier molecular flexibility index (Phi) is 15.1. The second-order valence-corrected chi connectivity index (χ2v) is 23.8. The Morgan fingerprint density at radius 1 is 0.783 bits per heavy atom. The van der Waals surface area contributed by atoms with E-state index in [1.54, 1.807) is 0 Å². The number of ether oxygens (including phenoxy) is 1. The van der Waals surface area contributed by atoms with Crippen molar-refractivity contribution in [1.82, 2.24) is 5.06 Å². The third kappa shape index (κ3) is 11.8. The SMILES string of the molecule is CC1(C)C(/C=C/C2=C(Oc3ccc(S(=O)(=O)O)cc3)C(=C/C=C3/N(CCCS(C)(=O)=O)c4ccccc4C3(C)CCCC(=O)ON3C(=O)CCC3=O)/CCC2)=[N+](CCCS(=O)(=O)O)c2ccccc21. The molecule has 1 fully saturated rings. The van der Waals surface area contributed by atoms with Crippen LogP contribution in [0.5, 0.6) is 5.75 Å². The number of carbonyl (C=O) groups is 3. The predicted molar refractivity (Wildman–Crippen MR) is 260 cm³/mol. The minimum atomic E-state index is -4.49. The van der Waals surface area contributed by atoms with Crippen LogP contribution >= 0.6 is 0 Å². The first kappa shape index (κ1) is 51.1. The molecule has 1 saturated heterocycles. The van der Waals surface area contributed by atoms with Crippen LogP contribution in [-0.2, 0) is 60.1 Å². The van der Waals surface area contributed by atoms with Gasteiger partial charge in [0.05, 0.1) is 21.8 Å². The molecule has 3 aliphatic heterocycles. The van der Waals surface area contributed by atoms with Gasteiger partial charge in [-0.1, -0.05) is 42.5 Å². The highest BCUT2D eigenvalue weighted by molar-refractivity contribution is 7.90. The molecule has 0 saturated carbocycles. The quantitative estimate of drug-likeness (QED) is 0.0676. The summed E-state index contributed by atoms with van der Waals surface area (Å²) in [5.74, 6) is -1.47. The van der Waals surface area contributed by atoms with Crippen molar-refractivity contribution in [2.24, 2.45) is 0 Å². The molecule has 0 radical (unpaired) electrons. The number of allylic oxidation sites excluding steroid dienone is 7. The van der Waals surface area contributed by atoms with E-state index < -0.39 is 64.4 Å². The summed E-state index contributed by atoms with van der Waals surface area (Å²) >= 11 is 0. The van der Waals surface area contributed by atoms with Crippen molar-refractivity contribution in [2.75, 3.05) is 35.8 Å². The molecule has 3 aromatic carbocycles. The maximum absolute atomic E-state index is 13.0. The number of sulfone groups is 1. The predicted octanol–water partition coefficient (Wildman–Crippen LogP) is 7.46. The van der Waals surface area contributed by atoms with Gasteiger partial charge in [-0.05, 0) is 118 Å². The lowest BCUT2D eigenvalue weighted by Gasteiger charge is -2.31. The molecule has 3 heterocycles. The van der Waals surface area contributed by atoms with Gasteiger partial charge in [0.1, 0.15) is 27.9 Å². The number of hydroxylamine groups is 2. The molecule has 0 spiro atoms. The molecule has 4 aliphatic rings. The largest absolute Gasteiger partial charge is 0.457 e. The number of benzene rings is 3. The number of hydrogen-bond acceptors (Lipinski definition) is 12. The second-order valence-electron chi connectivity index (χ2n) is 18.5. The maximum Gasteiger partial charge on any atom is 0.333 e. The minimum absolute atomic E-state index is 0.0210. The van der Waals surface area contributed by atoms with Crippen LogP contribution in [0.4, 0.5) is 11.4 Å². The second kappa shape index (κ2) is 20.3. The molecule has 3 aromatic rings. The van der Waals surface area contributed by atoms with Crippen LogP contribution in [0.1, 0.15) is 96.1 Å². The Labute approximate surface area is 404 Å². The third-order valence-corrected chi connectivity index (χ3v) is 15.8. The van der Waals surface area contributed by atoms with Gasteiger partial charge in [-0.15, -0.1) is 5.06 Å². The summed E-state index contributed by atoms with van der Waals surface area (Å²) in [6.45, 7) is 6.92. The van der Waals surface area contributed by atoms with Crippen LogP contribution in [0.25, 0.3) is 0 Å². The van der Waals surface area contributed by atoms with E-state index in [1.807, 2.05) is 72.8 Å². The third-order valence-electron chi connectivity index (χ3n) is 13.1. The number of anilines is 1. The van der Waals surface area contributed by atoms with Crippen LogP contribution in [-0.4, -0.2) is 98.3 Å². The topological polar surface area (TPSA) is 222 Å². The molecule has 0 aromatic heterocycles. The van der Waals surface area contributed by atoms with E-state index >= 15 is 0 Å². The average Bonchev–Trinajstić information content (AvgIpc) is 3.80. The molecule has 0 bridgehead atoms. The zero-order chi connectivity index (χ0) is 49.9. The van der Waals surface area contributed by atoms with Gasteiger partial charge < -0.3 is 14.5 Å². The molecule has 1 unspecified atom stereocenters. The first-order chi connectivity index (χ1) is 32.5. The van der Waals surface area contributed by atoms with E-state index in [2.05, 4.69) is 30.2 Å². The Morgan fingerprint density at radius 3 is 2.12 bits per heavy atom. The monoisotopic (exact) mass is 1000 g/mol. The van der Waals surface area contributed by atoms with E-state index in [1.165, 1.54) is 30.5 Å². The fourth-order valence-electron chi connectivity index (χ4n) is 9.69. The number of imide groups is 1. The Hall–Kier alpha value is -5.73. The Morgan fingerprint density at radius 2 is 1.45 bits per heavy atom. The Balaban J connectivity index is 1.31. The summed E-state index contributed by atoms with van der Waals surface area (Å²) in [6.07, 6.45) is 12.2. The van der Waals surface area contributed by atoms with E-state index in [9.17, 15) is 48.7 Å². The van der Waals surface area contributed by atoms with E-state index in [4.69, 9.17) is 9.57 Å². The Bertz CT molecular complexity index is 3030. The van der Waals surface area contributed by atoms with Crippen molar-refractivity contribution in [2.45, 2.75) is 101 Å². The number of carbonyl (C=O) groups excluding carboxylic acids is 3. The fraction of sp³-hybridized carbons (Fsp3) is 0.400. The smallest absolute Gasteiger partial charge is 0.333 e. The van der Waals surface area contributed by atoms with Crippen molar-refractivity contribution in [3.63, 3.8) is 0 Å². The van der Waals surface area contributed by atoms with Gasteiger partial charge >= 0.3 is 5.97 Å². The molecule has 2 N–H and O–H groups in total. The number of nitrogens with zero attached hydrogens (tertiary/aromatic N) is 3. The van der Waals surface area contributed by atoms with E-state index in [0.717, 1.165) is 51.5 Å². The van der Waals surface area contributed by atoms with Crippen LogP contribution in [0.15, 0.2) is 125 Å². The molecule has 1 atom stereocenters. The van der Waals surface area contributed by atoms with Crippen LogP contribution < -0.4 is 9.64 Å². The standard InChI is InChI=1S/C50H57N3O13S3/c1-49(2)39-15-5-7-17-41(39)51(32-12-34-68(59,60)61)43(49)26-20-35-13-9-14-36(48(35)65-37-22-24-38(25-23-37)69(62,63)64)21-27-44-50(3,30-10-19-47(56)66-53-45(54)28-29-46(53)55)40-16-6-8-18-42(40)52(44)31-11-33-67(4,57)58/h5-8,15-18,20-27H,9-14,19,28-34H2,1-4H3,(H-,59,60,61,62,63,64)/p+1. The summed E-state index contributed by atoms with van der Waals surface area (Å²) in [5, 5.41) is 0.537. The van der Waals surface area contributed by atoms with Crippen molar-refractivity contribution in [3.05, 3.63) is 131 Å². The molecular weight excluding hydrogens is 947 g/mol. The van der Waals surface area contributed by atoms with Crippen molar-refractivity contribution < 1.29 is 62.9 Å². The van der Waals surface area contributed by atoms with Crippen LogP contribution in [0.2, 0.25) is 0 Å². The van der Waals surface area contributed by atoms with Gasteiger partial charge in [-0.3, -0.25) is 18.7 Å². The van der Waals surface area contributed by atoms with Crippen LogP contribution in [0, 0.1) is 0 Å². The van der Waals surface area contributed by atoms with Gasteiger partial charge in [-0.25, -0.2) is 13.2 Å². The number of rotatable bonds is 19. The fourth-order valence-corrected chi connectivity index (χ4v) is 11.3.